The lowest BCUT2D eigenvalue weighted by molar-refractivity contribution is -0.120. The van der Waals surface area contributed by atoms with Gasteiger partial charge in [0.2, 0.25) is 23.6 Å². The zero-order valence-electron chi connectivity index (χ0n) is 28.9. The summed E-state index contributed by atoms with van der Waals surface area (Å²) < 4.78 is 17.5. The van der Waals surface area contributed by atoms with Crippen molar-refractivity contribution in [1.29, 1.82) is 0 Å². The Morgan fingerprint density at radius 1 is 0.457 bits per heavy atom. The molecule has 0 heterocycles. The molecular formula is C35H60N4O7. The highest BCUT2D eigenvalue weighted by molar-refractivity contribution is 5.93. The van der Waals surface area contributed by atoms with E-state index in [1.807, 2.05) is 0 Å². The minimum Gasteiger partial charge on any atom is -0.381 e. The Bertz CT molecular complexity index is 906. The molecule has 0 atom stereocenters. The third-order valence-corrected chi connectivity index (χ3v) is 7.01. The molecule has 0 aromatic heterocycles. The Hall–Kier alpha value is -3.28. The summed E-state index contributed by atoms with van der Waals surface area (Å²) in [6, 6.07) is 0. The van der Waals surface area contributed by atoms with E-state index in [1.54, 1.807) is 27.7 Å². The number of carbonyl (C=O) groups is 4. The molecule has 0 aromatic carbocycles. The van der Waals surface area contributed by atoms with Crippen molar-refractivity contribution in [3.63, 3.8) is 0 Å². The van der Waals surface area contributed by atoms with Crippen LogP contribution in [0.1, 0.15) is 85.5 Å². The third kappa shape index (κ3) is 22.3. The van der Waals surface area contributed by atoms with Crippen molar-refractivity contribution in [2.24, 2.45) is 0 Å². The van der Waals surface area contributed by atoms with Gasteiger partial charge in [-0.3, -0.25) is 19.2 Å². The van der Waals surface area contributed by atoms with E-state index >= 15 is 0 Å². The zero-order chi connectivity index (χ0) is 34.8. The van der Waals surface area contributed by atoms with E-state index in [1.165, 1.54) is 0 Å². The van der Waals surface area contributed by atoms with Gasteiger partial charge in [-0.05, 0) is 85.5 Å². The van der Waals surface area contributed by atoms with Gasteiger partial charge in [-0.2, -0.15) is 0 Å². The molecule has 0 aromatic rings. The quantitative estimate of drug-likeness (QED) is 0.0708. The van der Waals surface area contributed by atoms with Crippen molar-refractivity contribution in [2.45, 2.75) is 91.0 Å². The minimum atomic E-state index is -0.494. The van der Waals surface area contributed by atoms with Crippen LogP contribution in [-0.4, -0.2) is 88.4 Å². The van der Waals surface area contributed by atoms with Crippen LogP contribution in [0.4, 0.5) is 0 Å². The van der Waals surface area contributed by atoms with Crippen LogP contribution in [0, 0.1) is 0 Å². The molecule has 0 unspecified atom stereocenters. The Morgan fingerprint density at radius 2 is 0.717 bits per heavy atom. The second-order valence-corrected chi connectivity index (χ2v) is 11.8. The first-order valence-electron chi connectivity index (χ1n) is 16.3. The second kappa shape index (κ2) is 25.9. The van der Waals surface area contributed by atoms with E-state index < -0.39 is 5.54 Å². The van der Waals surface area contributed by atoms with Gasteiger partial charge in [0.05, 0.1) is 0 Å². The average molecular weight is 649 g/mol. The molecule has 0 aliphatic heterocycles. The molecule has 0 saturated heterocycles. The molecule has 0 saturated carbocycles. The van der Waals surface area contributed by atoms with Crippen LogP contribution in [0.2, 0.25) is 0 Å². The Balaban J connectivity index is 4.99. The third-order valence-electron chi connectivity index (χ3n) is 7.01. The van der Waals surface area contributed by atoms with Gasteiger partial charge in [-0.25, -0.2) is 0 Å². The normalized spacial score (nSPS) is 11.0. The van der Waals surface area contributed by atoms with Crippen LogP contribution >= 0.6 is 0 Å². The highest BCUT2D eigenvalue weighted by Gasteiger charge is 2.31. The summed E-state index contributed by atoms with van der Waals surface area (Å²) in [6.07, 6.45) is 6.41. The van der Waals surface area contributed by atoms with Crippen molar-refractivity contribution >= 4 is 23.6 Å². The molecule has 0 aliphatic carbocycles. The van der Waals surface area contributed by atoms with Crippen molar-refractivity contribution in [3.05, 3.63) is 48.6 Å². The van der Waals surface area contributed by atoms with Crippen LogP contribution in [0.3, 0.4) is 0 Å². The zero-order valence-corrected chi connectivity index (χ0v) is 28.9. The second-order valence-electron chi connectivity index (χ2n) is 11.8. The molecule has 11 nitrogen and oxygen atoms in total. The Kier molecular flexibility index (Phi) is 24.0. The van der Waals surface area contributed by atoms with E-state index in [9.17, 15) is 19.2 Å². The summed E-state index contributed by atoms with van der Waals surface area (Å²) in [7, 11) is 0. The van der Waals surface area contributed by atoms with E-state index in [4.69, 9.17) is 14.2 Å². The smallest absolute Gasteiger partial charge is 0.246 e. The van der Waals surface area contributed by atoms with Crippen LogP contribution in [0.5, 0.6) is 0 Å². The Morgan fingerprint density at radius 3 is 0.978 bits per heavy atom. The number of amides is 4. The van der Waals surface area contributed by atoms with Crippen molar-refractivity contribution in [3.8, 4) is 0 Å². The largest absolute Gasteiger partial charge is 0.381 e. The number of hydrogen-bond acceptors (Lipinski definition) is 7. The highest BCUT2D eigenvalue weighted by Crippen LogP contribution is 2.27. The molecule has 0 radical (unpaired) electrons. The Labute approximate surface area is 277 Å². The summed E-state index contributed by atoms with van der Waals surface area (Å²) in [5.41, 5.74) is 1.38. The lowest BCUT2D eigenvalue weighted by Crippen LogP contribution is -2.49. The van der Waals surface area contributed by atoms with Crippen LogP contribution in [-0.2, 0) is 33.4 Å². The molecule has 11 heteroatoms. The fourth-order valence-corrected chi connectivity index (χ4v) is 4.34. The lowest BCUT2D eigenvalue weighted by atomic mass is 9.83. The minimum absolute atomic E-state index is 0.157. The molecule has 0 fully saturated rings. The van der Waals surface area contributed by atoms with E-state index in [0.29, 0.717) is 120 Å². The first-order valence-corrected chi connectivity index (χ1v) is 16.3. The van der Waals surface area contributed by atoms with Gasteiger partial charge < -0.3 is 35.5 Å². The molecule has 0 aliphatic rings. The maximum atomic E-state index is 12.9. The molecule has 262 valence electrons. The lowest BCUT2D eigenvalue weighted by Gasteiger charge is -2.36. The van der Waals surface area contributed by atoms with Gasteiger partial charge in [0.1, 0.15) is 0 Å². The topological polar surface area (TPSA) is 144 Å². The predicted octanol–water partition coefficient (Wildman–Crippen LogP) is 4.06. The maximum absolute atomic E-state index is 12.9. The van der Waals surface area contributed by atoms with Crippen molar-refractivity contribution < 1.29 is 33.4 Å². The SMILES string of the molecule is C=C(C)C(=O)NCCCOCCCC(CCCOCCCNC(=O)C(=C)C)(CCCOCCCNC(=O)C(=C)C)NC(=O)C(=C)C. The molecular weight excluding hydrogens is 588 g/mol. The molecule has 4 amide bonds. The monoisotopic (exact) mass is 648 g/mol. The number of carbonyl (C=O) groups excluding carboxylic acids is 4. The molecule has 0 bridgehead atoms. The van der Waals surface area contributed by atoms with E-state index in [0.717, 1.165) is 19.3 Å². The number of nitrogens with one attached hydrogen (secondary N) is 4. The maximum Gasteiger partial charge on any atom is 0.246 e. The first-order chi connectivity index (χ1) is 21.8. The average Bonchev–Trinajstić information content (AvgIpc) is 3.00. The molecule has 46 heavy (non-hydrogen) atoms. The number of ether oxygens (including phenoxy) is 3. The number of rotatable bonds is 29. The van der Waals surface area contributed by atoms with Gasteiger partial charge in [-0.1, -0.05) is 26.3 Å². The summed E-state index contributed by atoms with van der Waals surface area (Å²) in [4.78, 5) is 47.7. The van der Waals surface area contributed by atoms with Gasteiger partial charge >= 0.3 is 0 Å². The predicted molar refractivity (Wildman–Crippen MR) is 183 cm³/mol. The van der Waals surface area contributed by atoms with Crippen LogP contribution < -0.4 is 21.3 Å². The van der Waals surface area contributed by atoms with Crippen LogP contribution in [0.25, 0.3) is 0 Å². The van der Waals surface area contributed by atoms with Crippen LogP contribution in [0.15, 0.2) is 48.6 Å². The van der Waals surface area contributed by atoms with Crippen molar-refractivity contribution in [2.75, 3.05) is 59.3 Å². The van der Waals surface area contributed by atoms with E-state index in [2.05, 4.69) is 47.6 Å². The summed E-state index contributed by atoms with van der Waals surface area (Å²) in [5.74, 6) is -0.655. The van der Waals surface area contributed by atoms with Gasteiger partial charge in [-0.15, -0.1) is 0 Å². The summed E-state index contributed by atoms with van der Waals surface area (Å²) in [5, 5.41) is 11.6. The van der Waals surface area contributed by atoms with Gasteiger partial charge in [0, 0.05) is 87.1 Å². The van der Waals surface area contributed by atoms with Crippen molar-refractivity contribution in [1.82, 2.24) is 21.3 Å². The molecule has 4 N–H and O–H groups in total. The fraction of sp³-hybridized carbons (Fsp3) is 0.657. The number of hydrogen-bond donors (Lipinski definition) is 4. The van der Waals surface area contributed by atoms with E-state index in [-0.39, 0.29) is 23.6 Å². The molecule has 0 spiro atoms. The first kappa shape index (κ1) is 42.7. The standard InChI is InChI=1S/C35H60N4O7/c1-27(2)31(40)36-18-12-24-44-21-9-15-35(39-34(43)30(7)8,16-10-22-45-25-13-19-37-32(41)28(3)4)17-11-23-46-26-14-20-38-33(42)29(5)6/h1,3,5,7,9-26H2,2,4,6,8H3,(H,36,40)(H,37,41)(H,38,42)(H,39,43). The fourth-order valence-electron chi connectivity index (χ4n) is 4.34. The van der Waals surface area contributed by atoms with Gasteiger partial charge in [0.25, 0.3) is 0 Å². The summed E-state index contributed by atoms with van der Waals surface area (Å²) in [6.45, 7) is 26.1. The highest BCUT2D eigenvalue weighted by atomic mass is 16.5. The molecule has 0 rings (SSSR count). The summed E-state index contributed by atoms with van der Waals surface area (Å²) >= 11 is 0. The van der Waals surface area contributed by atoms with Gasteiger partial charge in [0.15, 0.2) is 0 Å².